The summed E-state index contributed by atoms with van der Waals surface area (Å²) < 4.78 is 10.3. The number of unbranched alkanes of at least 4 members (excludes halogenated alkanes) is 1. The molecule has 0 aliphatic carbocycles. The number of ether oxygens (including phenoxy) is 2. The third-order valence-corrected chi connectivity index (χ3v) is 5.78. The highest BCUT2D eigenvalue weighted by Crippen LogP contribution is 2.19. The Kier molecular flexibility index (Phi) is 15.3. The Hall–Kier alpha value is -4.15. The first kappa shape index (κ1) is 32.9. The number of guanidine groups is 1. The van der Waals surface area contributed by atoms with E-state index in [-0.39, 0.29) is 36.9 Å². The molecule has 0 fully saturated rings. The topological polar surface area (TPSA) is 175 Å². The molecule has 0 heterocycles. The lowest BCUT2D eigenvalue weighted by Gasteiger charge is -2.23. The van der Waals surface area contributed by atoms with Crippen molar-refractivity contribution >= 4 is 29.5 Å². The van der Waals surface area contributed by atoms with E-state index < -0.39 is 29.9 Å². The average molecular weight is 544 g/mol. The number of hydrogen-bond donors (Lipinski definition) is 4. The molecule has 0 bridgehead atoms. The number of benzene rings is 1. The van der Waals surface area contributed by atoms with E-state index >= 15 is 0 Å². The van der Waals surface area contributed by atoms with Gasteiger partial charge in [0.05, 0.1) is 13.2 Å². The second-order valence-corrected chi connectivity index (χ2v) is 8.98. The van der Waals surface area contributed by atoms with Crippen molar-refractivity contribution in [3.05, 3.63) is 55.1 Å². The summed E-state index contributed by atoms with van der Waals surface area (Å²) in [6.07, 6.45) is 4.91. The Morgan fingerprint density at radius 2 is 1.72 bits per heavy atom. The van der Waals surface area contributed by atoms with E-state index in [0.717, 1.165) is 5.56 Å². The Balaban J connectivity index is 3.05. The van der Waals surface area contributed by atoms with E-state index in [4.69, 9.17) is 20.9 Å². The Morgan fingerprint density at radius 1 is 1.03 bits per heavy atom. The molecule has 0 aliphatic heterocycles. The highest BCUT2D eigenvalue weighted by molar-refractivity contribution is 5.93. The van der Waals surface area contributed by atoms with Crippen LogP contribution >= 0.6 is 0 Å². The quantitative estimate of drug-likeness (QED) is 0.0668. The molecule has 2 amide bonds. The van der Waals surface area contributed by atoms with Crippen LogP contribution in [0, 0.1) is 5.92 Å². The zero-order valence-electron chi connectivity index (χ0n) is 22.8. The van der Waals surface area contributed by atoms with Gasteiger partial charge in [-0.05, 0) is 43.4 Å². The summed E-state index contributed by atoms with van der Waals surface area (Å²) in [5.41, 5.74) is 11.5. The summed E-state index contributed by atoms with van der Waals surface area (Å²) in [6, 6.07) is 5.40. The van der Waals surface area contributed by atoms with Crippen LogP contribution in [0.5, 0.6) is 5.75 Å². The van der Waals surface area contributed by atoms with Crippen molar-refractivity contribution in [2.24, 2.45) is 22.4 Å². The largest absolute Gasteiger partial charge is 0.490 e. The average Bonchev–Trinajstić information content (AvgIpc) is 2.90. The van der Waals surface area contributed by atoms with Crippen LogP contribution in [0.1, 0.15) is 44.6 Å². The Morgan fingerprint density at radius 3 is 2.28 bits per heavy atom. The molecular formula is C28H41N5O6. The number of esters is 1. The van der Waals surface area contributed by atoms with Crippen molar-refractivity contribution in [3.8, 4) is 5.75 Å². The molecule has 0 saturated heterocycles. The van der Waals surface area contributed by atoms with Gasteiger partial charge in [0.15, 0.2) is 11.7 Å². The number of Topliss-reactive ketones (excluding diaryl/α,β-unsaturated/α-hetero) is 1. The lowest BCUT2D eigenvalue weighted by Crippen LogP contribution is -2.46. The molecule has 0 radical (unpaired) electrons. The van der Waals surface area contributed by atoms with Gasteiger partial charge in [-0.2, -0.15) is 0 Å². The number of ketones is 1. The molecule has 0 saturated carbocycles. The maximum Gasteiger partial charge on any atom is 0.328 e. The molecule has 39 heavy (non-hydrogen) atoms. The van der Waals surface area contributed by atoms with Crippen LogP contribution in [-0.2, 0) is 30.3 Å². The molecular weight excluding hydrogens is 502 g/mol. The van der Waals surface area contributed by atoms with Crippen molar-refractivity contribution in [1.29, 1.82) is 0 Å². The Bertz CT molecular complexity index is 1000. The SMILES string of the molecule is C=CCOc1ccc(C[C@H](NC(C)=O)C(=O)C[C@@H](CCCCN=C(N)N)C(=O)N[C@@H](CC=C)C(=O)OC)cc1. The second kappa shape index (κ2) is 18.2. The first-order valence-electron chi connectivity index (χ1n) is 12.8. The van der Waals surface area contributed by atoms with Gasteiger partial charge in [0.25, 0.3) is 0 Å². The monoisotopic (exact) mass is 543 g/mol. The van der Waals surface area contributed by atoms with Crippen LogP contribution < -0.4 is 26.8 Å². The predicted octanol–water partition coefficient (Wildman–Crippen LogP) is 1.55. The minimum atomic E-state index is -0.924. The summed E-state index contributed by atoms with van der Waals surface area (Å²) in [7, 11) is 1.23. The zero-order valence-corrected chi connectivity index (χ0v) is 22.8. The number of nitrogens with zero attached hydrogens (tertiary/aromatic N) is 1. The standard InChI is InChI=1S/C28H41N5O6/c1-5-9-23(27(37)38-4)33-26(36)21(10-7-8-15-31-28(29)30)18-25(35)24(32-19(3)34)17-20-11-13-22(14-12-20)39-16-6-2/h5-6,11-14,21,23-24H,1-2,7-10,15-18H2,3-4H3,(H,32,34)(H,33,36)(H4,29,30,31)/t21-,23+,24+/m1/s1. The molecule has 1 aromatic carbocycles. The van der Waals surface area contributed by atoms with E-state index in [1.165, 1.54) is 20.1 Å². The number of amides is 2. The smallest absolute Gasteiger partial charge is 0.328 e. The number of rotatable bonds is 19. The highest BCUT2D eigenvalue weighted by Gasteiger charge is 2.30. The molecule has 0 spiro atoms. The van der Waals surface area contributed by atoms with Crippen molar-refractivity contribution in [1.82, 2.24) is 10.6 Å². The second-order valence-electron chi connectivity index (χ2n) is 8.98. The fourth-order valence-corrected chi connectivity index (χ4v) is 3.84. The van der Waals surface area contributed by atoms with Crippen LogP contribution in [0.25, 0.3) is 0 Å². The summed E-state index contributed by atoms with van der Waals surface area (Å²) in [6.45, 7) is 9.31. The molecule has 6 N–H and O–H groups in total. The van der Waals surface area contributed by atoms with E-state index in [2.05, 4.69) is 28.8 Å². The van der Waals surface area contributed by atoms with Gasteiger partial charge >= 0.3 is 5.97 Å². The third-order valence-electron chi connectivity index (χ3n) is 5.78. The summed E-state index contributed by atoms with van der Waals surface area (Å²) in [5.74, 6) is -1.87. The molecule has 214 valence electrons. The van der Waals surface area contributed by atoms with Gasteiger partial charge in [-0.15, -0.1) is 6.58 Å². The van der Waals surface area contributed by atoms with E-state index in [9.17, 15) is 19.2 Å². The minimum Gasteiger partial charge on any atom is -0.490 e. The number of aliphatic imine (C=N–C) groups is 1. The molecule has 3 atom stereocenters. The van der Waals surface area contributed by atoms with Gasteiger partial charge in [-0.25, -0.2) is 4.79 Å². The maximum atomic E-state index is 13.4. The first-order chi connectivity index (χ1) is 18.6. The maximum absolute atomic E-state index is 13.4. The predicted molar refractivity (Wildman–Crippen MR) is 150 cm³/mol. The zero-order chi connectivity index (χ0) is 29.2. The normalized spacial score (nSPS) is 12.7. The van der Waals surface area contributed by atoms with Gasteiger partial charge < -0.3 is 31.6 Å². The van der Waals surface area contributed by atoms with E-state index in [0.29, 0.717) is 38.2 Å². The van der Waals surface area contributed by atoms with Crippen LogP contribution in [-0.4, -0.2) is 61.9 Å². The van der Waals surface area contributed by atoms with Gasteiger partial charge in [-0.3, -0.25) is 19.4 Å². The lowest BCUT2D eigenvalue weighted by molar-refractivity contribution is -0.145. The summed E-state index contributed by atoms with van der Waals surface area (Å²) in [4.78, 5) is 54.5. The molecule has 1 rings (SSSR count). The van der Waals surface area contributed by atoms with E-state index in [1.54, 1.807) is 18.2 Å². The summed E-state index contributed by atoms with van der Waals surface area (Å²) >= 11 is 0. The Labute approximate surface area is 230 Å². The fraction of sp³-hybridized carbons (Fsp3) is 0.464. The van der Waals surface area contributed by atoms with Crippen LogP contribution in [0.4, 0.5) is 0 Å². The number of nitrogens with one attached hydrogen (secondary N) is 2. The molecule has 0 aliphatic rings. The lowest BCUT2D eigenvalue weighted by atomic mass is 9.90. The number of methoxy groups -OCH3 is 1. The van der Waals surface area contributed by atoms with Gasteiger partial charge in [0, 0.05) is 25.8 Å². The molecule has 0 unspecified atom stereocenters. The fourth-order valence-electron chi connectivity index (χ4n) is 3.84. The number of carbonyl (C=O) groups excluding carboxylic acids is 4. The molecule has 11 heteroatoms. The van der Waals surface area contributed by atoms with Crippen LogP contribution in [0.3, 0.4) is 0 Å². The van der Waals surface area contributed by atoms with Crippen molar-refractivity contribution in [2.75, 3.05) is 20.3 Å². The molecule has 11 nitrogen and oxygen atoms in total. The van der Waals surface area contributed by atoms with Gasteiger partial charge in [-0.1, -0.05) is 37.3 Å². The van der Waals surface area contributed by atoms with Crippen molar-refractivity contribution in [2.45, 2.75) is 57.5 Å². The number of hydrogen-bond acceptors (Lipinski definition) is 7. The summed E-state index contributed by atoms with van der Waals surface area (Å²) in [5, 5.41) is 5.37. The first-order valence-corrected chi connectivity index (χ1v) is 12.8. The van der Waals surface area contributed by atoms with Gasteiger partial charge in [0.2, 0.25) is 11.8 Å². The van der Waals surface area contributed by atoms with Crippen LogP contribution in [0.15, 0.2) is 54.6 Å². The molecule has 1 aromatic rings. The number of nitrogens with two attached hydrogens (primary N) is 2. The van der Waals surface area contributed by atoms with E-state index in [1.807, 2.05) is 12.1 Å². The molecule has 0 aromatic heterocycles. The third kappa shape index (κ3) is 13.3. The van der Waals surface area contributed by atoms with Crippen molar-refractivity contribution < 1.29 is 28.7 Å². The van der Waals surface area contributed by atoms with Crippen LogP contribution in [0.2, 0.25) is 0 Å². The van der Waals surface area contributed by atoms with Gasteiger partial charge in [0.1, 0.15) is 18.4 Å². The minimum absolute atomic E-state index is 0.0248. The van der Waals surface area contributed by atoms with Crippen molar-refractivity contribution in [3.63, 3.8) is 0 Å². The highest BCUT2D eigenvalue weighted by atomic mass is 16.5. The number of carbonyl (C=O) groups is 4.